The molecule has 1 aromatic heterocycles. The van der Waals surface area contributed by atoms with Gasteiger partial charge in [-0.1, -0.05) is 42.5 Å². The van der Waals surface area contributed by atoms with E-state index in [1.54, 1.807) is 19.5 Å². The molecule has 3 aromatic rings. The Bertz CT molecular complexity index is 1030. The zero-order valence-electron chi connectivity index (χ0n) is 16.4. The number of ether oxygens (including phenoxy) is 1. The number of carbonyl (C=O) groups is 1. The van der Waals surface area contributed by atoms with Crippen LogP contribution in [0.3, 0.4) is 0 Å². The van der Waals surface area contributed by atoms with Gasteiger partial charge in [-0.15, -0.1) is 0 Å². The number of aldehydes is 1. The molecule has 0 unspecified atom stereocenters. The average Bonchev–Trinajstić information content (AvgIpc) is 2.77. The van der Waals surface area contributed by atoms with Crippen LogP contribution in [0.5, 0.6) is 5.75 Å². The highest BCUT2D eigenvalue weighted by atomic mass is 16.5. The van der Waals surface area contributed by atoms with E-state index < -0.39 is 0 Å². The van der Waals surface area contributed by atoms with Crippen LogP contribution in [-0.4, -0.2) is 25.4 Å². The maximum Gasteiger partial charge on any atom is 0.154 e. The zero-order chi connectivity index (χ0) is 20.5. The lowest BCUT2D eigenvalue weighted by atomic mass is 10.0. The highest BCUT2D eigenvalue weighted by molar-refractivity contribution is 5.93. The highest BCUT2D eigenvalue weighted by Crippen LogP contribution is 2.26. The Labute approximate surface area is 170 Å². The second kappa shape index (κ2) is 9.90. The number of hydrogen-bond acceptors (Lipinski definition) is 5. The molecular weight excluding hydrogens is 362 g/mol. The molecule has 5 nitrogen and oxygen atoms in total. The predicted molar refractivity (Wildman–Crippen MR) is 119 cm³/mol. The summed E-state index contributed by atoms with van der Waals surface area (Å²) in [6.07, 6.45) is 10.1. The van der Waals surface area contributed by atoms with E-state index in [2.05, 4.69) is 15.6 Å². The van der Waals surface area contributed by atoms with Crippen LogP contribution in [0.1, 0.15) is 27.0 Å². The molecule has 29 heavy (non-hydrogen) atoms. The monoisotopic (exact) mass is 385 g/mol. The Hall–Kier alpha value is -3.86. The first-order valence-corrected chi connectivity index (χ1v) is 9.21. The Kier molecular flexibility index (Phi) is 6.79. The van der Waals surface area contributed by atoms with Gasteiger partial charge in [0.25, 0.3) is 0 Å². The van der Waals surface area contributed by atoms with Crippen molar-refractivity contribution >= 4 is 36.0 Å². The van der Waals surface area contributed by atoms with Crippen LogP contribution < -0.4 is 15.4 Å². The lowest BCUT2D eigenvalue weighted by molar-refractivity contribution is 0.112. The van der Waals surface area contributed by atoms with Crippen LogP contribution in [0.4, 0.5) is 11.5 Å². The number of aromatic nitrogens is 1. The van der Waals surface area contributed by atoms with Gasteiger partial charge in [0.2, 0.25) is 0 Å². The quantitative estimate of drug-likeness (QED) is 0.534. The third-order valence-corrected chi connectivity index (χ3v) is 4.31. The normalized spacial score (nSPS) is 11.0. The predicted octanol–water partition coefficient (Wildman–Crippen LogP) is 5.01. The minimum atomic E-state index is 0.494. The molecule has 2 N–H and O–H groups in total. The summed E-state index contributed by atoms with van der Waals surface area (Å²) < 4.78 is 5.27. The van der Waals surface area contributed by atoms with Crippen LogP contribution in [-0.2, 0) is 0 Å². The van der Waals surface area contributed by atoms with E-state index >= 15 is 0 Å². The molecule has 0 saturated carbocycles. The molecule has 2 aromatic carbocycles. The molecule has 0 aliphatic carbocycles. The van der Waals surface area contributed by atoms with Gasteiger partial charge in [0.15, 0.2) is 6.29 Å². The van der Waals surface area contributed by atoms with Gasteiger partial charge in [-0.3, -0.25) is 4.79 Å². The van der Waals surface area contributed by atoms with Crippen molar-refractivity contribution in [3.05, 3.63) is 89.2 Å². The largest absolute Gasteiger partial charge is 0.497 e. The lowest BCUT2D eigenvalue weighted by Crippen LogP contribution is -2.03. The third-order valence-electron chi connectivity index (χ3n) is 4.31. The van der Waals surface area contributed by atoms with Crippen molar-refractivity contribution in [1.82, 2.24) is 10.3 Å². The van der Waals surface area contributed by atoms with Crippen LogP contribution in [0.2, 0.25) is 0 Å². The Balaban J connectivity index is 2.01. The molecular formula is C24H23N3O2. The highest BCUT2D eigenvalue weighted by Gasteiger charge is 2.12. The third kappa shape index (κ3) is 5.11. The summed E-state index contributed by atoms with van der Waals surface area (Å²) in [5.41, 5.74) is 3.97. The number of benzene rings is 2. The van der Waals surface area contributed by atoms with Crippen molar-refractivity contribution in [1.29, 1.82) is 0 Å². The van der Waals surface area contributed by atoms with Crippen molar-refractivity contribution < 1.29 is 9.53 Å². The lowest BCUT2D eigenvalue weighted by Gasteiger charge is -2.12. The number of carbonyl (C=O) groups excluding carboxylic acids is 1. The molecule has 5 heteroatoms. The number of para-hydroxylation sites is 1. The van der Waals surface area contributed by atoms with E-state index in [0.717, 1.165) is 34.4 Å². The van der Waals surface area contributed by atoms with Gasteiger partial charge in [0.1, 0.15) is 11.6 Å². The standard InChI is InChI=1S/C24H23N3O2/c1-25-14-13-22-19(12-11-18-7-6-10-21(15-18)29-2)16-26-24(23(22)17-28)27-20-8-4-3-5-9-20/h3-17,25H,1-2H3,(H,26,27)/b12-11+,14-13?. The van der Waals surface area contributed by atoms with Crippen molar-refractivity contribution in [3.8, 4) is 5.75 Å². The molecule has 0 saturated heterocycles. The number of methoxy groups -OCH3 is 1. The minimum Gasteiger partial charge on any atom is -0.497 e. The first kappa shape index (κ1) is 19.9. The maximum absolute atomic E-state index is 11.9. The smallest absolute Gasteiger partial charge is 0.154 e. The van der Waals surface area contributed by atoms with Crippen molar-refractivity contribution in [2.24, 2.45) is 0 Å². The number of anilines is 2. The summed E-state index contributed by atoms with van der Waals surface area (Å²) in [5, 5.41) is 6.19. The van der Waals surface area contributed by atoms with Gasteiger partial charge in [0, 0.05) is 24.5 Å². The maximum atomic E-state index is 11.9. The molecule has 3 rings (SSSR count). The SMILES string of the molecule is CNC=Cc1c(/C=C/c2cccc(OC)c2)cnc(Nc2ccccc2)c1C=O. The molecule has 0 bridgehead atoms. The van der Waals surface area contributed by atoms with Crippen LogP contribution in [0, 0.1) is 0 Å². The van der Waals surface area contributed by atoms with E-state index in [9.17, 15) is 4.79 Å². The molecule has 146 valence electrons. The molecule has 0 spiro atoms. The summed E-state index contributed by atoms with van der Waals surface area (Å²) in [4.78, 5) is 16.4. The van der Waals surface area contributed by atoms with Crippen molar-refractivity contribution in [2.75, 3.05) is 19.5 Å². The summed E-state index contributed by atoms with van der Waals surface area (Å²) in [6, 6.07) is 17.4. The summed E-state index contributed by atoms with van der Waals surface area (Å²) in [7, 11) is 3.45. The van der Waals surface area contributed by atoms with Crippen LogP contribution in [0.15, 0.2) is 67.0 Å². The average molecular weight is 385 g/mol. The number of pyridine rings is 1. The molecule has 0 amide bonds. The minimum absolute atomic E-state index is 0.494. The number of rotatable bonds is 8. The van der Waals surface area contributed by atoms with Gasteiger partial charge < -0.3 is 15.4 Å². The summed E-state index contributed by atoms with van der Waals surface area (Å²) >= 11 is 0. The van der Waals surface area contributed by atoms with Gasteiger partial charge in [0.05, 0.1) is 12.7 Å². The molecule has 0 fully saturated rings. The van der Waals surface area contributed by atoms with Gasteiger partial charge in [-0.2, -0.15) is 0 Å². The van der Waals surface area contributed by atoms with Gasteiger partial charge in [-0.05, 0) is 47.7 Å². The molecule has 0 aliphatic rings. The van der Waals surface area contributed by atoms with Crippen molar-refractivity contribution in [3.63, 3.8) is 0 Å². The fourth-order valence-electron chi connectivity index (χ4n) is 2.85. The Morgan fingerprint density at radius 3 is 2.52 bits per heavy atom. The second-order valence-electron chi connectivity index (χ2n) is 6.23. The molecule has 0 radical (unpaired) electrons. The number of nitrogens with zero attached hydrogens (tertiary/aromatic N) is 1. The summed E-state index contributed by atoms with van der Waals surface area (Å²) in [5.74, 6) is 1.30. The zero-order valence-corrected chi connectivity index (χ0v) is 16.4. The van der Waals surface area contributed by atoms with Crippen molar-refractivity contribution in [2.45, 2.75) is 0 Å². The van der Waals surface area contributed by atoms with E-state index in [1.165, 1.54) is 0 Å². The first-order valence-electron chi connectivity index (χ1n) is 9.21. The van der Waals surface area contributed by atoms with E-state index in [-0.39, 0.29) is 0 Å². The Morgan fingerprint density at radius 1 is 0.966 bits per heavy atom. The molecule has 1 heterocycles. The van der Waals surface area contributed by atoms with Crippen LogP contribution in [0.25, 0.3) is 18.2 Å². The topological polar surface area (TPSA) is 63.2 Å². The van der Waals surface area contributed by atoms with Crippen LogP contribution >= 0.6 is 0 Å². The van der Waals surface area contributed by atoms with Gasteiger partial charge in [-0.25, -0.2) is 4.98 Å². The Morgan fingerprint density at radius 2 is 1.79 bits per heavy atom. The number of nitrogens with one attached hydrogen (secondary N) is 2. The summed E-state index contributed by atoms with van der Waals surface area (Å²) in [6.45, 7) is 0. The van der Waals surface area contributed by atoms with E-state index in [1.807, 2.05) is 79.9 Å². The fourth-order valence-corrected chi connectivity index (χ4v) is 2.85. The molecule has 0 aliphatic heterocycles. The number of hydrogen-bond donors (Lipinski definition) is 2. The van der Waals surface area contributed by atoms with E-state index in [4.69, 9.17) is 4.74 Å². The second-order valence-corrected chi connectivity index (χ2v) is 6.23. The van der Waals surface area contributed by atoms with E-state index in [0.29, 0.717) is 11.4 Å². The fraction of sp³-hybridized carbons (Fsp3) is 0.0833. The first-order chi connectivity index (χ1) is 14.2. The molecule has 0 atom stereocenters. The van der Waals surface area contributed by atoms with Gasteiger partial charge >= 0.3 is 0 Å².